The van der Waals surface area contributed by atoms with Crippen LogP contribution in [0.25, 0.3) is 21.5 Å². The molecule has 1 aromatic carbocycles. The Labute approximate surface area is 167 Å². The van der Waals surface area contributed by atoms with Crippen LogP contribution >= 0.6 is 34.5 Å². The van der Waals surface area contributed by atoms with E-state index >= 15 is 0 Å². The fourth-order valence-electron chi connectivity index (χ4n) is 2.41. The summed E-state index contributed by atoms with van der Waals surface area (Å²) in [6.07, 6.45) is -0.979. The second kappa shape index (κ2) is 7.83. The highest BCUT2D eigenvalue weighted by atomic mass is 35.5. The Balaban J connectivity index is 2.20. The molecule has 1 unspecified atom stereocenters. The van der Waals surface area contributed by atoms with Crippen molar-refractivity contribution in [1.29, 1.82) is 0 Å². The van der Waals surface area contributed by atoms with Crippen molar-refractivity contribution in [3.63, 3.8) is 0 Å². The molecule has 7 N–H and O–H groups in total. The predicted molar refractivity (Wildman–Crippen MR) is 107 cm³/mol. The number of benzene rings is 1. The SMILES string of the molecule is NC(=O)c1sc2nc(NCC(O)CO)nc(-c3ccc(Cl)c(Cl)c3)c2c1N. The number of nitrogens with two attached hydrogens (primary N) is 2. The second-order valence-corrected chi connectivity index (χ2v) is 7.44. The van der Waals surface area contributed by atoms with Gasteiger partial charge < -0.3 is 27.0 Å². The third-order valence-corrected chi connectivity index (χ3v) is 5.56. The van der Waals surface area contributed by atoms with Gasteiger partial charge in [-0.2, -0.15) is 0 Å². The minimum absolute atomic E-state index is 0.0341. The van der Waals surface area contributed by atoms with Gasteiger partial charge in [-0.05, 0) is 12.1 Å². The number of nitrogens with zero attached hydrogens (tertiary/aromatic N) is 2. The Morgan fingerprint density at radius 2 is 2.04 bits per heavy atom. The highest BCUT2D eigenvalue weighted by Crippen LogP contribution is 2.40. The fraction of sp³-hybridized carbons (Fsp3) is 0.188. The van der Waals surface area contributed by atoms with E-state index in [-0.39, 0.29) is 23.1 Å². The van der Waals surface area contributed by atoms with Gasteiger partial charge in [0.2, 0.25) is 5.95 Å². The first-order valence-corrected chi connectivity index (χ1v) is 9.27. The highest BCUT2D eigenvalue weighted by Gasteiger charge is 2.21. The number of thiophene rings is 1. The second-order valence-electron chi connectivity index (χ2n) is 5.63. The van der Waals surface area contributed by atoms with Crippen molar-refractivity contribution >= 4 is 62.3 Å². The van der Waals surface area contributed by atoms with Crippen molar-refractivity contribution in [2.45, 2.75) is 6.10 Å². The Morgan fingerprint density at radius 1 is 1.30 bits per heavy atom. The van der Waals surface area contributed by atoms with Crippen LogP contribution in [-0.2, 0) is 0 Å². The van der Waals surface area contributed by atoms with E-state index in [0.717, 1.165) is 11.3 Å². The van der Waals surface area contributed by atoms with E-state index in [4.69, 9.17) is 39.8 Å². The molecule has 0 spiro atoms. The minimum atomic E-state index is -0.979. The first kappa shape index (κ1) is 19.6. The standard InChI is InChI=1S/C16H15Cl2N5O3S/c17-8-2-1-6(3-9(8)18)12-10-11(19)13(14(20)26)27-15(10)23-16(22-12)21-4-7(25)5-24/h1-3,7,24-25H,4-5,19H2,(H2,20,26)(H,21,22,23). The highest BCUT2D eigenvalue weighted by molar-refractivity contribution is 7.21. The first-order chi connectivity index (χ1) is 12.8. The van der Waals surface area contributed by atoms with Crippen molar-refractivity contribution in [1.82, 2.24) is 9.97 Å². The average Bonchev–Trinajstić information content (AvgIpc) is 2.98. The average molecular weight is 428 g/mol. The van der Waals surface area contributed by atoms with Crippen LogP contribution in [0.1, 0.15) is 9.67 Å². The zero-order valence-corrected chi connectivity index (χ0v) is 16.1. The molecule has 1 atom stereocenters. The third-order valence-electron chi connectivity index (χ3n) is 3.71. The van der Waals surface area contributed by atoms with Gasteiger partial charge in [-0.1, -0.05) is 29.3 Å². The smallest absolute Gasteiger partial charge is 0.260 e. The number of fused-ring (bicyclic) bond motifs is 1. The van der Waals surface area contributed by atoms with Crippen LogP contribution in [0.4, 0.5) is 11.6 Å². The molecule has 0 bridgehead atoms. The molecule has 3 rings (SSSR count). The largest absolute Gasteiger partial charge is 0.397 e. The Hall–Kier alpha value is -2.17. The number of nitrogen functional groups attached to an aromatic ring is 1. The molecule has 2 heterocycles. The quantitative estimate of drug-likeness (QED) is 0.404. The summed E-state index contributed by atoms with van der Waals surface area (Å²) < 4.78 is 0. The van der Waals surface area contributed by atoms with Gasteiger partial charge >= 0.3 is 0 Å². The zero-order chi connectivity index (χ0) is 19.7. The van der Waals surface area contributed by atoms with Gasteiger partial charge in [-0.15, -0.1) is 11.3 Å². The maximum atomic E-state index is 11.7. The number of amides is 1. The van der Waals surface area contributed by atoms with Crippen LogP contribution in [-0.4, -0.2) is 45.3 Å². The molecule has 2 aromatic heterocycles. The van der Waals surface area contributed by atoms with Crippen molar-refractivity contribution in [3.8, 4) is 11.3 Å². The van der Waals surface area contributed by atoms with Crippen LogP contribution in [0.5, 0.6) is 0 Å². The first-order valence-electron chi connectivity index (χ1n) is 7.69. The molecular weight excluding hydrogens is 413 g/mol. The molecule has 11 heteroatoms. The van der Waals surface area contributed by atoms with E-state index in [0.29, 0.717) is 31.5 Å². The van der Waals surface area contributed by atoms with Gasteiger partial charge in [0.1, 0.15) is 9.71 Å². The monoisotopic (exact) mass is 427 g/mol. The van der Waals surface area contributed by atoms with Crippen molar-refractivity contribution < 1.29 is 15.0 Å². The number of anilines is 2. The van der Waals surface area contributed by atoms with E-state index < -0.39 is 18.6 Å². The molecule has 142 valence electrons. The molecule has 8 nitrogen and oxygen atoms in total. The maximum Gasteiger partial charge on any atom is 0.260 e. The number of rotatable bonds is 6. The topological polar surface area (TPSA) is 147 Å². The summed E-state index contributed by atoms with van der Waals surface area (Å²) in [5, 5.41) is 22.5. The Bertz CT molecular complexity index is 1030. The molecule has 0 aliphatic heterocycles. The normalized spacial score (nSPS) is 12.3. The van der Waals surface area contributed by atoms with Gasteiger partial charge in [0.25, 0.3) is 5.91 Å². The summed E-state index contributed by atoms with van der Waals surface area (Å²) >= 11 is 13.1. The molecule has 0 aliphatic carbocycles. The summed E-state index contributed by atoms with van der Waals surface area (Å²) in [4.78, 5) is 21.1. The molecule has 0 aliphatic rings. The van der Waals surface area contributed by atoms with Gasteiger partial charge in [0, 0.05) is 12.1 Å². The number of aliphatic hydroxyl groups is 2. The van der Waals surface area contributed by atoms with E-state index in [1.54, 1.807) is 18.2 Å². The number of aromatic nitrogens is 2. The number of nitrogens with one attached hydrogen (secondary N) is 1. The number of carbonyl (C=O) groups excluding carboxylic acids is 1. The number of carbonyl (C=O) groups is 1. The van der Waals surface area contributed by atoms with Crippen LogP contribution in [0.2, 0.25) is 10.0 Å². The summed E-state index contributed by atoms with van der Waals surface area (Å²) in [5.74, 6) is -0.478. The lowest BCUT2D eigenvalue weighted by atomic mass is 10.1. The fourth-order valence-corrected chi connectivity index (χ4v) is 3.65. The molecular formula is C16H15Cl2N5O3S. The Kier molecular flexibility index (Phi) is 5.68. The number of hydrogen-bond donors (Lipinski definition) is 5. The van der Waals surface area contributed by atoms with Crippen molar-refractivity contribution in [3.05, 3.63) is 33.1 Å². The molecule has 0 saturated carbocycles. The summed E-state index contributed by atoms with van der Waals surface area (Å²) in [6.45, 7) is -0.376. The number of hydrogen-bond acceptors (Lipinski definition) is 8. The van der Waals surface area contributed by atoms with Crippen LogP contribution in [0, 0.1) is 0 Å². The van der Waals surface area contributed by atoms with Gasteiger partial charge in [-0.3, -0.25) is 4.79 Å². The van der Waals surface area contributed by atoms with Crippen molar-refractivity contribution in [2.24, 2.45) is 5.73 Å². The summed E-state index contributed by atoms with van der Waals surface area (Å²) in [7, 11) is 0. The van der Waals surface area contributed by atoms with E-state index in [1.807, 2.05) is 0 Å². The van der Waals surface area contributed by atoms with Gasteiger partial charge in [-0.25, -0.2) is 9.97 Å². The van der Waals surface area contributed by atoms with Crippen molar-refractivity contribution in [2.75, 3.05) is 24.2 Å². The lowest BCUT2D eigenvalue weighted by molar-refractivity contribution is 0.100. The zero-order valence-electron chi connectivity index (χ0n) is 13.7. The van der Waals surface area contributed by atoms with Gasteiger partial charge in [0.05, 0.1) is 39.5 Å². The lowest BCUT2D eigenvalue weighted by Crippen LogP contribution is -2.23. The number of primary amides is 1. The van der Waals surface area contributed by atoms with E-state index in [1.165, 1.54) is 0 Å². The number of aliphatic hydroxyl groups excluding tert-OH is 2. The van der Waals surface area contributed by atoms with Crippen LogP contribution < -0.4 is 16.8 Å². The van der Waals surface area contributed by atoms with E-state index in [9.17, 15) is 9.90 Å². The maximum absolute atomic E-state index is 11.7. The molecule has 3 aromatic rings. The minimum Gasteiger partial charge on any atom is -0.397 e. The molecule has 0 saturated heterocycles. The molecule has 0 radical (unpaired) electrons. The molecule has 1 amide bonds. The van der Waals surface area contributed by atoms with Gasteiger partial charge in [0.15, 0.2) is 0 Å². The molecule has 27 heavy (non-hydrogen) atoms. The lowest BCUT2D eigenvalue weighted by Gasteiger charge is -2.11. The van der Waals surface area contributed by atoms with Crippen LogP contribution in [0.15, 0.2) is 18.2 Å². The third kappa shape index (κ3) is 3.92. The summed E-state index contributed by atoms with van der Waals surface area (Å²) in [6, 6.07) is 4.95. The number of halogens is 2. The Morgan fingerprint density at radius 3 is 2.67 bits per heavy atom. The predicted octanol–water partition coefficient (Wildman–Crippen LogP) is 2.11. The molecule has 0 fully saturated rings. The summed E-state index contributed by atoms with van der Waals surface area (Å²) in [5.41, 5.74) is 12.7. The van der Waals surface area contributed by atoms with Crippen LogP contribution in [0.3, 0.4) is 0 Å². The van der Waals surface area contributed by atoms with E-state index in [2.05, 4.69) is 15.3 Å².